The predicted octanol–water partition coefficient (Wildman–Crippen LogP) is 5.68. The third-order valence-electron chi connectivity index (χ3n) is 2.77. The average Bonchev–Trinajstić information content (AvgIpc) is 2.23. The number of hydrogen-bond acceptors (Lipinski definition) is 2. The van der Waals surface area contributed by atoms with Gasteiger partial charge in [-0.1, -0.05) is 66.6 Å². The zero-order chi connectivity index (χ0) is 15.9. The fourth-order valence-corrected chi connectivity index (χ4v) is 5.23. The van der Waals surface area contributed by atoms with E-state index in [4.69, 9.17) is 11.2 Å². The molecule has 0 N–H and O–H groups in total. The highest BCUT2D eigenvalue weighted by molar-refractivity contribution is 7.80. The van der Waals surface area contributed by atoms with E-state index in [0.717, 1.165) is 26.2 Å². The summed E-state index contributed by atoms with van der Waals surface area (Å²) in [7, 11) is -0.699. The van der Waals surface area contributed by atoms with Crippen LogP contribution < -0.4 is 0 Å². The van der Waals surface area contributed by atoms with Gasteiger partial charge in [0.25, 0.3) is 0 Å². The van der Waals surface area contributed by atoms with Crippen LogP contribution >= 0.6 is 18.8 Å². The summed E-state index contributed by atoms with van der Waals surface area (Å²) in [6.45, 7) is 22.6. The lowest BCUT2D eigenvalue weighted by Crippen LogP contribution is -2.35. The standard InChI is InChI=1S/C16H36ClN2P/c1-13(2)9-18(10-14(3)4)20(17)19(11-15(5)6)12-16(7)8/h13-16H,9-12H2,1-8H3. The van der Waals surface area contributed by atoms with Crippen molar-refractivity contribution in [2.75, 3.05) is 26.2 Å². The Kier molecular flexibility index (Phi) is 10.7. The Morgan fingerprint density at radius 3 is 0.950 bits per heavy atom. The van der Waals surface area contributed by atoms with Crippen LogP contribution in [0.3, 0.4) is 0 Å². The zero-order valence-corrected chi connectivity index (χ0v) is 16.5. The normalized spacial score (nSPS) is 13.2. The molecule has 0 aromatic heterocycles. The lowest BCUT2D eigenvalue weighted by Gasteiger charge is -2.38. The lowest BCUT2D eigenvalue weighted by molar-refractivity contribution is 0.304. The summed E-state index contributed by atoms with van der Waals surface area (Å²) >= 11 is 6.91. The highest BCUT2D eigenvalue weighted by Gasteiger charge is 2.26. The maximum atomic E-state index is 6.91. The molecule has 0 aliphatic carbocycles. The molecule has 0 saturated heterocycles. The van der Waals surface area contributed by atoms with Crippen molar-refractivity contribution in [2.45, 2.75) is 55.4 Å². The third kappa shape index (κ3) is 9.55. The molecule has 0 aromatic carbocycles. The largest absolute Gasteiger partial charge is 0.257 e. The molecule has 0 radical (unpaired) electrons. The molecule has 2 nitrogen and oxygen atoms in total. The maximum absolute atomic E-state index is 6.91. The third-order valence-corrected chi connectivity index (χ3v) is 5.64. The van der Waals surface area contributed by atoms with Gasteiger partial charge in [-0.2, -0.15) is 0 Å². The van der Waals surface area contributed by atoms with Gasteiger partial charge in [-0.05, 0) is 23.7 Å². The molecule has 0 aromatic rings. The van der Waals surface area contributed by atoms with Gasteiger partial charge in [-0.3, -0.25) is 9.34 Å². The first-order valence-electron chi connectivity index (χ1n) is 8.09. The fourth-order valence-electron chi connectivity index (χ4n) is 2.28. The summed E-state index contributed by atoms with van der Waals surface area (Å²) < 4.78 is 5.02. The van der Waals surface area contributed by atoms with Gasteiger partial charge < -0.3 is 0 Å². The van der Waals surface area contributed by atoms with Gasteiger partial charge in [0, 0.05) is 26.2 Å². The first-order valence-corrected chi connectivity index (χ1v) is 10.2. The highest BCUT2D eigenvalue weighted by Crippen LogP contribution is 2.50. The number of rotatable bonds is 10. The molecule has 0 heterocycles. The summed E-state index contributed by atoms with van der Waals surface area (Å²) in [5.41, 5.74) is 0. The molecule has 4 heteroatoms. The topological polar surface area (TPSA) is 6.48 Å². The first kappa shape index (κ1) is 20.6. The molecule has 20 heavy (non-hydrogen) atoms. The van der Waals surface area contributed by atoms with E-state index < -0.39 is 7.58 Å². The number of halogens is 1. The molecular formula is C16H36ClN2P. The quantitative estimate of drug-likeness (QED) is 0.477. The molecule has 0 atom stereocenters. The van der Waals surface area contributed by atoms with E-state index in [9.17, 15) is 0 Å². The summed E-state index contributed by atoms with van der Waals surface area (Å²) in [6.07, 6.45) is 0. The number of nitrogens with zero attached hydrogens (tertiary/aromatic N) is 2. The van der Waals surface area contributed by atoms with Gasteiger partial charge in [0.2, 0.25) is 0 Å². The van der Waals surface area contributed by atoms with E-state index in [0.29, 0.717) is 23.7 Å². The van der Waals surface area contributed by atoms with Crippen molar-refractivity contribution >= 4 is 18.8 Å². The molecule has 0 spiro atoms. The van der Waals surface area contributed by atoms with E-state index in [2.05, 4.69) is 64.7 Å². The van der Waals surface area contributed by atoms with E-state index in [1.807, 2.05) is 0 Å². The van der Waals surface area contributed by atoms with Gasteiger partial charge in [-0.15, -0.1) is 0 Å². The van der Waals surface area contributed by atoms with Crippen molar-refractivity contribution in [3.05, 3.63) is 0 Å². The zero-order valence-electron chi connectivity index (χ0n) is 14.9. The van der Waals surface area contributed by atoms with Crippen LogP contribution in [0.5, 0.6) is 0 Å². The molecular weight excluding hydrogens is 287 g/mol. The van der Waals surface area contributed by atoms with Crippen LogP contribution in [-0.4, -0.2) is 35.5 Å². The Morgan fingerprint density at radius 2 is 0.800 bits per heavy atom. The summed E-state index contributed by atoms with van der Waals surface area (Å²) in [5.74, 6) is 2.66. The fraction of sp³-hybridized carbons (Fsp3) is 1.00. The Hall–Kier alpha value is 0.640. The maximum Gasteiger partial charge on any atom is 0.140 e. The average molecular weight is 323 g/mol. The summed E-state index contributed by atoms with van der Waals surface area (Å²) in [5, 5.41) is 0. The molecule has 0 saturated carbocycles. The molecule has 0 aliphatic rings. The Bertz CT molecular complexity index is 201. The van der Waals surface area contributed by atoms with Crippen LogP contribution in [0.1, 0.15) is 55.4 Å². The highest BCUT2D eigenvalue weighted by atomic mass is 35.7. The lowest BCUT2D eigenvalue weighted by atomic mass is 10.2. The Labute approximate surface area is 133 Å². The molecule has 0 rings (SSSR count). The van der Waals surface area contributed by atoms with Crippen LogP contribution in [0.4, 0.5) is 0 Å². The van der Waals surface area contributed by atoms with E-state index in [1.54, 1.807) is 0 Å². The summed E-state index contributed by atoms with van der Waals surface area (Å²) in [6, 6.07) is 0. The monoisotopic (exact) mass is 322 g/mol. The van der Waals surface area contributed by atoms with Crippen LogP contribution in [0.2, 0.25) is 0 Å². The van der Waals surface area contributed by atoms with Gasteiger partial charge in [0.1, 0.15) is 7.58 Å². The second-order valence-corrected chi connectivity index (χ2v) is 10.1. The first-order chi connectivity index (χ1) is 9.13. The number of hydrogen-bond donors (Lipinski definition) is 0. The minimum Gasteiger partial charge on any atom is -0.257 e. The minimum absolute atomic E-state index is 0.664. The van der Waals surface area contributed by atoms with Crippen LogP contribution in [0, 0.1) is 23.7 Å². The van der Waals surface area contributed by atoms with Gasteiger partial charge >= 0.3 is 0 Å². The molecule has 122 valence electrons. The van der Waals surface area contributed by atoms with Crippen molar-refractivity contribution < 1.29 is 0 Å². The van der Waals surface area contributed by atoms with Crippen LogP contribution in [-0.2, 0) is 0 Å². The summed E-state index contributed by atoms with van der Waals surface area (Å²) in [4.78, 5) is 0. The van der Waals surface area contributed by atoms with E-state index >= 15 is 0 Å². The Morgan fingerprint density at radius 1 is 0.600 bits per heavy atom. The Balaban J connectivity index is 4.85. The van der Waals surface area contributed by atoms with Crippen LogP contribution in [0.15, 0.2) is 0 Å². The molecule has 0 fully saturated rings. The van der Waals surface area contributed by atoms with Gasteiger partial charge in [0.05, 0.1) is 0 Å². The molecule has 0 bridgehead atoms. The van der Waals surface area contributed by atoms with Crippen molar-refractivity contribution in [2.24, 2.45) is 23.7 Å². The van der Waals surface area contributed by atoms with Crippen LogP contribution in [0.25, 0.3) is 0 Å². The van der Waals surface area contributed by atoms with Gasteiger partial charge in [-0.25, -0.2) is 0 Å². The van der Waals surface area contributed by atoms with Crippen molar-refractivity contribution in [3.63, 3.8) is 0 Å². The van der Waals surface area contributed by atoms with Crippen molar-refractivity contribution in [1.29, 1.82) is 0 Å². The molecule has 0 amide bonds. The molecule has 0 unspecified atom stereocenters. The van der Waals surface area contributed by atoms with Crippen molar-refractivity contribution in [3.8, 4) is 0 Å². The van der Waals surface area contributed by atoms with Crippen molar-refractivity contribution in [1.82, 2.24) is 9.34 Å². The second kappa shape index (κ2) is 10.4. The SMILES string of the molecule is CC(C)CN(CC(C)C)P(Cl)N(CC(C)C)CC(C)C. The molecule has 0 aliphatic heterocycles. The second-order valence-electron chi connectivity index (χ2n) is 7.56. The van der Waals surface area contributed by atoms with E-state index in [-0.39, 0.29) is 0 Å². The predicted molar refractivity (Wildman–Crippen MR) is 95.3 cm³/mol. The van der Waals surface area contributed by atoms with E-state index in [1.165, 1.54) is 0 Å². The smallest absolute Gasteiger partial charge is 0.140 e. The minimum atomic E-state index is -0.699. The van der Waals surface area contributed by atoms with Gasteiger partial charge in [0.15, 0.2) is 0 Å².